The summed E-state index contributed by atoms with van der Waals surface area (Å²) in [6, 6.07) is 6.59. The van der Waals surface area contributed by atoms with E-state index in [1.807, 2.05) is 0 Å². The normalized spacial score (nSPS) is 15.2. The third-order valence-electron chi connectivity index (χ3n) is 2.94. The van der Waals surface area contributed by atoms with Crippen LogP contribution in [0, 0.1) is 5.92 Å². The molecule has 1 aromatic carbocycles. The van der Waals surface area contributed by atoms with E-state index in [0.717, 1.165) is 12.8 Å². The fourth-order valence-electron chi connectivity index (χ4n) is 1.72. The number of carbonyl (C=O) groups is 1. The van der Waals surface area contributed by atoms with Crippen molar-refractivity contribution in [1.29, 1.82) is 0 Å². The first-order valence-corrected chi connectivity index (χ1v) is 8.36. The molecule has 1 aliphatic carbocycles. The summed E-state index contributed by atoms with van der Waals surface area (Å²) in [4.78, 5) is 11.5. The molecule has 1 N–H and O–H groups in total. The molecule has 0 spiro atoms. The van der Waals surface area contributed by atoms with Crippen LogP contribution in [-0.2, 0) is 20.4 Å². The summed E-state index contributed by atoms with van der Waals surface area (Å²) < 4.78 is 23.7. The quantitative estimate of drug-likeness (QED) is 0.871. The van der Waals surface area contributed by atoms with E-state index in [4.69, 9.17) is 11.6 Å². The van der Waals surface area contributed by atoms with Gasteiger partial charge < -0.3 is 5.32 Å². The Morgan fingerprint density at radius 3 is 2.47 bits per heavy atom. The Kier molecular flexibility index (Phi) is 4.47. The van der Waals surface area contributed by atoms with E-state index in [0.29, 0.717) is 23.0 Å². The van der Waals surface area contributed by atoms with Crippen molar-refractivity contribution >= 4 is 27.3 Å². The minimum Gasteiger partial charge on any atom is -0.355 e. The molecule has 6 heteroatoms. The fraction of sp³-hybridized carbons (Fsp3) is 0.462. The lowest BCUT2D eigenvalue weighted by molar-refractivity contribution is -0.118. The van der Waals surface area contributed by atoms with Crippen LogP contribution in [0.2, 0.25) is 5.02 Å². The van der Waals surface area contributed by atoms with Crippen LogP contribution in [0.5, 0.6) is 0 Å². The predicted octanol–water partition coefficient (Wildman–Crippen LogP) is 1.78. The van der Waals surface area contributed by atoms with Crippen LogP contribution in [0.25, 0.3) is 0 Å². The Hall–Kier alpha value is -1.07. The summed E-state index contributed by atoms with van der Waals surface area (Å²) in [5.74, 6) is -0.465. The molecule has 0 unspecified atom stereocenters. The number of carbonyl (C=O) groups excluding carboxylic acids is 1. The van der Waals surface area contributed by atoms with Gasteiger partial charge in [0.25, 0.3) is 0 Å². The van der Waals surface area contributed by atoms with Gasteiger partial charge in [-0.2, -0.15) is 0 Å². The van der Waals surface area contributed by atoms with Crippen LogP contribution in [0.1, 0.15) is 18.4 Å². The van der Waals surface area contributed by atoms with Crippen molar-refractivity contribution in [3.63, 3.8) is 0 Å². The topological polar surface area (TPSA) is 63.2 Å². The standard InChI is InChI=1S/C13H16ClNO3S/c14-12-5-3-11(4-6-12)8-19(17,18)9-13(16)15-7-10-1-2-10/h3-6,10H,1-2,7-9H2,(H,15,16). The number of nitrogens with one attached hydrogen (secondary N) is 1. The van der Waals surface area contributed by atoms with Gasteiger partial charge >= 0.3 is 0 Å². The molecule has 2 rings (SSSR count). The molecule has 1 aromatic rings. The Labute approximate surface area is 118 Å². The van der Waals surface area contributed by atoms with Crippen molar-refractivity contribution in [3.05, 3.63) is 34.9 Å². The zero-order valence-corrected chi connectivity index (χ0v) is 12.0. The number of hydrogen-bond donors (Lipinski definition) is 1. The van der Waals surface area contributed by atoms with Gasteiger partial charge in [-0.1, -0.05) is 23.7 Å². The average molecular weight is 302 g/mol. The van der Waals surface area contributed by atoms with Crippen molar-refractivity contribution in [2.75, 3.05) is 12.3 Å². The van der Waals surface area contributed by atoms with Gasteiger partial charge in [-0.15, -0.1) is 0 Å². The maximum atomic E-state index is 11.9. The third-order valence-corrected chi connectivity index (χ3v) is 4.66. The van der Waals surface area contributed by atoms with Gasteiger partial charge in [0.05, 0.1) is 5.75 Å². The van der Waals surface area contributed by atoms with Crippen molar-refractivity contribution in [2.45, 2.75) is 18.6 Å². The lowest BCUT2D eigenvalue weighted by Gasteiger charge is -2.06. The summed E-state index contributed by atoms with van der Waals surface area (Å²) in [7, 11) is -3.43. The molecule has 1 fully saturated rings. The summed E-state index contributed by atoms with van der Waals surface area (Å²) >= 11 is 5.73. The van der Waals surface area contributed by atoms with Crippen molar-refractivity contribution in [1.82, 2.24) is 5.32 Å². The van der Waals surface area contributed by atoms with Crippen LogP contribution in [0.4, 0.5) is 0 Å². The zero-order chi connectivity index (χ0) is 13.9. The van der Waals surface area contributed by atoms with Gasteiger partial charge in [-0.25, -0.2) is 8.42 Å². The highest BCUT2D eigenvalue weighted by Crippen LogP contribution is 2.27. The van der Waals surface area contributed by atoms with Gasteiger partial charge in [0.1, 0.15) is 5.75 Å². The summed E-state index contributed by atoms with van der Waals surface area (Å²) in [6.45, 7) is 0.593. The highest BCUT2D eigenvalue weighted by atomic mass is 35.5. The van der Waals surface area contributed by atoms with Gasteiger partial charge in [-0.3, -0.25) is 4.79 Å². The van der Waals surface area contributed by atoms with E-state index in [9.17, 15) is 13.2 Å². The molecule has 0 heterocycles. The number of amides is 1. The van der Waals surface area contributed by atoms with Gasteiger partial charge in [0, 0.05) is 11.6 Å². The first-order chi connectivity index (χ1) is 8.94. The maximum absolute atomic E-state index is 11.9. The zero-order valence-electron chi connectivity index (χ0n) is 10.4. The molecule has 0 atom stereocenters. The van der Waals surface area contributed by atoms with E-state index < -0.39 is 21.5 Å². The van der Waals surface area contributed by atoms with Crippen LogP contribution in [-0.4, -0.2) is 26.6 Å². The fourth-order valence-corrected chi connectivity index (χ4v) is 3.15. The van der Waals surface area contributed by atoms with E-state index in [2.05, 4.69) is 5.32 Å². The number of sulfone groups is 1. The monoisotopic (exact) mass is 301 g/mol. The van der Waals surface area contributed by atoms with Crippen molar-refractivity contribution in [3.8, 4) is 0 Å². The molecule has 4 nitrogen and oxygen atoms in total. The largest absolute Gasteiger partial charge is 0.355 e. The highest BCUT2D eigenvalue weighted by Gasteiger charge is 2.23. The van der Waals surface area contributed by atoms with E-state index in [-0.39, 0.29) is 5.75 Å². The first kappa shape index (κ1) is 14.3. The number of halogens is 1. The molecule has 1 saturated carbocycles. The molecular weight excluding hydrogens is 286 g/mol. The minimum atomic E-state index is -3.43. The van der Waals surface area contributed by atoms with Gasteiger partial charge in [0.15, 0.2) is 9.84 Å². The van der Waals surface area contributed by atoms with Gasteiger partial charge in [0.2, 0.25) is 5.91 Å². The predicted molar refractivity (Wildman–Crippen MR) is 74.7 cm³/mol. The van der Waals surface area contributed by atoms with Crippen LogP contribution < -0.4 is 5.32 Å². The Morgan fingerprint density at radius 1 is 1.26 bits per heavy atom. The molecule has 0 bridgehead atoms. The number of rotatable bonds is 6. The molecule has 1 amide bonds. The summed E-state index contributed by atoms with van der Waals surface area (Å²) in [6.07, 6.45) is 2.25. The minimum absolute atomic E-state index is 0.138. The number of benzene rings is 1. The number of hydrogen-bond acceptors (Lipinski definition) is 3. The molecule has 0 saturated heterocycles. The lowest BCUT2D eigenvalue weighted by Crippen LogP contribution is -2.32. The molecule has 0 aromatic heterocycles. The van der Waals surface area contributed by atoms with Crippen molar-refractivity contribution in [2.24, 2.45) is 5.92 Å². The third kappa shape index (κ3) is 5.20. The van der Waals surface area contributed by atoms with E-state index >= 15 is 0 Å². The molecule has 104 valence electrons. The molecule has 0 radical (unpaired) electrons. The Bertz CT molecular complexity index is 550. The maximum Gasteiger partial charge on any atom is 0.235 e. The summed E-state index contributed by atoms with van der Waals surface area (Å²) in [5.41, 5.74) is 0.638. The molecule has 19 heavy (non-hydrogen) atoms. The average Bonchev–Trinajstić information content (AvgIpc) is 3.12. The van der Waals surface area contributed by atoms with Crippen molar-refractivity contribution < 1.29 is 13.2 Å². The molecular formula is C13H16ClNO3S. The van der Waals surface area contributed by atoms with Gasteiger partial charge in [-0.05, 0) is 36.5 Å². The molecule has 0 aliphatic heterocycles. The van der Waals surface area contributed by atoms with E-state index in [1.165, 1.54) is 0 Å². The van der Waals surface area contributed by atoms with Crippen LogP contribution >= 0.6 is 11.6 Å². The summed E-state index contributed by atoms with van der Waals surface area (Å²) in [5, 5.41) is 3.22. The second-order valence-corrected chi connectivity index (χ2v) is 7.41. The smallest absolute Gasteiger partial charge is 0.235 e. The highest BCUT2D eigenvalue weighted by molar-refractivity contribution is 7.91. The second kappa shape index (κ2) is 5.92. The molecule has 1 aliphatic rings. The van der Waals surface area contributed by atoms with E-state index in [1.54, 1.807) is 24.3 Å². The van der Waals surface area contributed by atoms with Crippen LogP contribution in [0.15, 0.2) is 24.3 Å². The lowest BCUT2D eigenvalue weighted by atomic mass is 10.2. The Morgan fingerprint density at radius 2 is 1.89 bits per heavy atom. The second-order valence-electron chi connectivity index (χ2n) is 4.91. The Balaban J connectivity index is 1.86. The van der Waals surface area contributed by atoms with Crippen LogP contribution in [0.3, 0.4) is 0 Å². The SMILES string of the molecule is O=C(CS(=O)(=O)Cc1ccc(Cl)cc1)NCC1CC1. The first-order valence-electron chi connectivity index (χ1n) is 6.16.